The topological polar surface area (TPSA) is 82.3 Å². The van der Waals surface area contributed by atoms with Gasteiger partial charge in [-0.1, -0.05) is 5.57 Å². The second-order valence-corrected chi connectivity index (χ2v) is 6.09. The van der Waals surface area contributed by atoms with Crippen molar-refractivity contribution in [3.05, 3.63) is 42.6 Å². The molecule has 0 atom stereocenters. The summed E-state index contributed by atoms with van der Waals surface area (Å²) >= 11 is 0. The number of pyridine rings is 1. The van der Waals surface area contributed by atoms with Crippen LogP contribution in [0, 0.1) is 0 Å². The van der Waals surface area contributed by atoms with E-state index in [0.717, 1.165) is 12.0 Å². The van der Waals surface area contributed by atoms with E-state index in [1.807, 2.05) is 6.92 Å². The number of rotatable bonds is 5. The zero-order chi connectivity index (χ0) is 14.8. The van der Waals surface area contributed by atoms with E-state index in [4.69, 9.17) is 9.88 Å². The molecule has 20 heavy (non-hydrogen) atoms. The minimum absolute atomic E-state index is 0.0489. The third kappa shape index (κ3) is 3.15. The first-order chi connectivity index (χ1) is 9.39. The maximum Gasteiger partial charge on any atom is 0.238 e. The highest BCUT2D eigenvalue weighted by molar-refractivity contribution is 7.89. The van der Waals surface area contributed by atoms with E-state index in [9.17, 15) is 8.42 Å². The number of nitrogens with two attached hydrogens (primary N) is 1. The van der Waals surface area contributed by atoms with Crippen molar-refractivity contribution in [3.8, 4) is 5.75 Å². The molecule has 1 aromatic heterocycles. The molecule has 0 amide bonds. The van der Waals surface area contributed by atoms with Crippen LogP contribution < -0.4 is 9.88 Å². The van der Waals surface area contributed by atoms with Gasteiger partial charge in [0.05, 0.1) is 11.5 Å². The van der Waals surface area contributed by atoms with Crippen LogP contribution in [0.5, 0.6) is 5.75 Å². The van der Waals surface area contributed by atoms with Gasteiger partial charge in [0.2, 0.25) is 10.0 Å². The van der Waals surface area contributed by atoms with Crippen LogP contribution in [0.2, 0.25) is 0 Å². The van der Waals surface area contributed by atoms with Crippen molar-refractivity contribution < 1.29 is 13.2 Å². The third-order valence-electron chi connectivity index (χ3n) is 2.79. The fourth-order valence-corrected chi connectivity index (χ4v) is 2.55. The Morgan fingerprint density at radius 3 is 2.80 bits per heavy atom. The van der Waals surface area contributed by atoms with Gasteiger partial charge in [0.15, 0.2) is 0 Å². The summed E-state index contributed by atoms with van der Waals surface area (Å²) in [6.45, 7) is 6.19. The Morgan fingerprint density at radius 2 is 2.15 bits per heavy atom. The summed E-state index contributed by atoms with van der Waals surface area (Å²) in [4.78, 5) is 4.23. The summed E-state index contributed by atoms with van der Waals surface area (Å²) < 4.78 is 28.8. The molecule has 2 rings (SSSR count). The minimum Gasteiger partial charge on any atom is -0.491 e. The molecule has 0 saturated heterocycles. The van der Waals surface area contributed by atoms with Gasteiger partial charge in [-0.2, -0.15) is 0 Å². The number of ether oxygens (including phenoxy) is 1. The quantitative estimate of drug-likeness (QED) is 0.857. The van der Waals surface area contributed by atoms with E-state index >= 15 is 0 Å². The summed E-state index contributed by atoms with van der Waals surface area (Å²) in [5.74, 6) is 0.536. The molecule has 1 aromatic carbocycles. The minimum atomic E-state index is -3.79. The predicted octanol–water partition coefficient (Wildman–Crippen LogP) is 2.23. The Kier molecular flexibility index (Phi) is 4.06. The van der Waals surface area contributed by atoms with Crippen molar-refractivity contribution in [3.63, 3.8) is 0 Å². The van der Waals surface area contributed by atoms with Crippen LogP contribution in [0.3, 0.4) is 0 Å². The zero-order valence-corrected chi connectivity index (χ0v) is 12.0. The SMILES string of the molecule is C=C(C)CCOc1ccc(S(N)(=O)=O)c2cccnc12. The van der Waals surface area contributed by atoms with Gasteiger partial charge in [-0.3, -0.25) is 4.98 Å². The van der Waals surface area contributed by atoms with Gasteiger partial charge in [-0.25, -0.2) is 13.6 Å². The van der Waals surface area contributed by atoms with Gasteiger partial charge in [-0.05, 0) is 31.2 Å². The zero-order valence-electron chi connectivity index (χ0n) is 11.2. The highest BCUT2D eigenvalue weighted by atomic mass is 32.2. The standard InChI is InChI=1S/C14H16N2O3S/c1-10(2)7-9-19-12-5-6-13(20(15,17)18)11-4-3-8-16-14(11)12/h3-6,8H,1,7,9H2,2H3,(H2,15,17,18). The summed E-state index contributed by atoms with van der Waals surface area (Å²) in [6.07, 6.45) is 2.31. The lowest BCUT2D eigenvalue weighted by atomic mass is 10.2. The predicted molar refractivity (Wildman–Crippen MR) is 78.0 cm³/mol. The number of hydrogen-bond acceptors (Lipinski definition) is 4. The van der Waals surface area contributed by atoms with E-state index in [1.54, 1.807) is 24.4 Å². The van der Waals surface area contributed by atoms with E-state index in [1.165, 1.54) is 6.07 Å². The number of aromatic nitrogens is 1. The van der Waals surface area contributed by atoms with Crippen molar-refractivity contribution in [2.45, 2.75) is 18.2 Å². The Labute approximate surface area is 118 Å². The highest BCUT2D eigenvalue weighted by Gasteiger charge is 2.15. The third-order valence-corrected chi connectivity index (χ3v) is 3.75. The van der Waals surface area contributed by atoms with Gasteiger partial charge in [-0.15, -0.1) is 6.58 Å². The van der Waals surface area contributed by atoms with Crippen LogP contribution in [0.1, 0.15) is 13.3 Å². The molecular weight excluding hydrogens is 276 g/mol. The molecular formula is C14H16N2O3S. The molecule has 0 aliphatic rings. The number of hydrogen-bond donors (Lipinski definition) is 1. The smallest absolute Gasteiger partial charge is 0.238 e. The van der Waals surface area contributed by atoms with Gasteiger partial charge >= 0.3 is 0 Å². The molecule has 6 heteroatoms. The van der Waals surface area contributed by atoms with Crippen LogP contribution in [-0.2, 0) is 10.0 Å². The summed E-state index contributed by atoms with van der Waals surface area (Å²) in [5, 5.41) is 5.67. The van der Waals surface area contributed by atoms with Gasteiger partial charge in [0.25, 0.3) is 0 Å². The number of fused-ring (bicyclic) bond motifs is 1. The van der Waals surface area contributed by atoms with E-state index < -0.39 is 10.0 Å². The molecule has 0 aliphatic heterocycles. The first-order valence-electron chi connectivity index (χ1n) is 6.07. The molecule has 0 unspecified atom stereocenters. The lowest BCUT2D eigenvalue weighted by Gasteiger charge is -2.10. The van der Waals surface area contributed by atoms with Crippen molar-refractivity contribution in [2.24, 2.45) is 5.14 Å². The molecule has 106 valence electrons. The molecule has 0 aliphatic carbocycles. The van der Waals surface area contributed by atoms with Gasteiger partial charge in [0, 0.05) is 18.0 Å². The highest BCUT2D eigenvalue weighted by Crippen LogP contribution is 2.28. The van der Waals surface area contributed by atoms with Crippen molar-refractivity contribution in [1.29, 1.82) is 0 Å². The molecule has 0 saturated carbocycles. The number of benzene rings is 1. The molecule has 0 bridgehead atoms. The van der Waals surface area contributed by atoms with Crippen molar-refractivity contribution in [1.82, 2.24) is 4.98 Å². The van der Waals surface area contributed by atoms with Crippen LogP contribution in [0.15, 0.2) is 47.5 Å². The lowest BCUT2D eigenvalue weighted by molar-refractivity contribution is 0.325. The van der Waals surface area contributed by atoms with Gasteiger partial charge in [0.1, 0.15) is 11.3 Å². The monoisotopic (exact) mass is 292 g/mol. The molecule has 5 nitrogen and oxygen atoms in total. The maximum atomic E-state index is 11.6. The largest absolute Gasteiger partial charge is 0.491 e. The van der Waals surface area contributed by atoms with Crippen molar-refractivity contribution >= 4 is 20.9 Å². The molecule has 0 radical (unpaired) electrons. The van der Waals surface area contributed by atoms with E-state index in [0.29, 0.717) is 23.3 Å². The van der Waals surface area contributed by atoms with Crippen LogP contribution in [0.25, 0.3) is 10.9 Å². The number of nitrogens with zero attached hydrogens (tertiary/aromatic N) is 1. The van der Waals surface area contributed by atoms with E-state index in [-0.39, 0.29) is 4.90 Å². The van der Waals surface area contributed by atoms with Gasteiger partial charge < -0.3 is 4.74 Å². The Morgan fingerprint density at radius 1 is 1.40 bits per heavy atom. The Bertz CT molecular complexity index is 754. The average Bonchev–Trinajstić information content (AvgIpc) is 2.37. The second kappa shape index (κ2) is 5.60. The summed E-state index contributed by atoms with van der Waals surface area (Å²) in [7, 11) is -3.79. The Balaban J connectivity index is 2.46. The molecule has 1 heterocycles. The van der Waals surface area contributed by atoms with Crippen LogP contribution in [0.4, 0.5) is 0 Å². The maximum absolute atomic E-state index is 11.6. The molecule has 0 spiro atoms. The van der Waals surface area contributed by atoms with E-state index in [2.05, 4.69) is 11.6 Å². The summed E-state index contributed by atoms with van der Waals surface area (Å²) in [5.41, 5.74) is 1.50. The second-order valence-electron chi connectivity index (χ2n) is 4.56. The molecule has 0 fully saturated rings. The molecule has 2 aromatic rings. The first kappa shape index (κ1) is 14.5. The molecule has 2 N–H and O–H groups in total. The van der Waals surface area contributed by atoms with Crippen LogP contribution >= 0.6 is 0 Å². The number of primary sulfonamides is 1. The fourth-order valence-electron chi connectivity index (χ4n) is 1.82. The Hall–Kier alpha value is -1.92. The van der Waals surface area contributed by atoms with Crippen LogP contribution in [-0.4, -0.2) is 20.0 Å². The van der Waals surface area contributed by atoms with Crippen molar-refractivity contribution in [2.75, 3.05) is 6.61 Å². The summed E-state index contributed by atoms with van der Waals surface area (Å²) in [6, 6.07) is 6.34. The fraction of sp³-hybridized carbons (Fsp3) is 0.214. The average molecular weight is 292 g/mol. The normalized spacial score (nSPS) is 11.5. The first-order valence-corrected chi connectivity index (χ1v) is 7.62. The lowest BCUT2D eigenvalue weighted by Crippen LogP contribution is -2.13. The number of sulfonamides is 1.